The van der Waals surface area contributed by atoms with Crippen molar-refractivity contribution in [2.45, 2.75) is 19.0 Å². The van der Waals surface area contributed by atoms with Gasteiger partial charge in [-0.25, -0.2) is 15.0 Å². The summed E-state index contributed by atoms with van der Waals surface area (Å²) in [5, 5.41) is 0. The van der Waals surface area contributed by atoms with Crippen molar-refractivity contribution >= 4 is 17.5 Å². The molecule has 0 aliphatic carbocycles. The van der Waals surface area contributed by atoms with E-state index in [0.29, 0.717) is 32.0 Å². The molecule has 0 N–H and O–H groups in total. The second-order valence-electron chi connectivity index (χ2n) is 6.80. The van der Waals surface area contributed by atoms with Crippen LogP contribution < -0.4 is 14.7 Å². The molecule has 0 spiro atoms. The van der Waals surface area contributed by atoms with Crippen molar-refractivity contribution in [2.24, 2.45) is 0 Å². The van der Waals surface area contributed by atoms with Gasteiger partial charge in [-0.2, -0.15) is 13.2 Å². The molecule has 2 aromatic rings. The third-order valence-corrected chi connectivity index (χ3v) is 5.07. The molecular weight excluding hydrogens is 357 g/mol. The van der Waals surface area contributed by atoms with E-state index >= 15 is 0 Å². The maximum atomic E-state index is 12.9. The van der Waals surface area contributed by atoms with Gasteiger partial charge < -0.3 is 14.7 Å². The third kappa shape index (κ3) is 3.91. The maximum Gasteiger partial charge on any atom is 0.416 e. The maximum absolute atomic E-state index is 12.9. The SMILES string of the molecule is FC(F)(F)c1ccnc(N2CCN(c3cc(N4CCCC4)ncn3)CC2)c1. The molecule has 4 rings (SSSR count). The normalized spacial score (nSPS) is 18.3. The van der Waals surface area contributed by atoms with Gasteiger partial charge in [0.05, 0.1) is 5.56 Å². The van der Waals surface area contributed by atoms with Gasteiger partial charge in [-0.1, -0.05) is 0 Å². The molecule has 27 heavy (non-hydrogen) atoms. The molecule has 0 amide bonds. The molecule has 2 saturated heterocycles. The van der Waals surface area contributed by atoms with Gasteiger partial charge >= 0.3 is 6.18 Å². The molecule has 0 bridgehead atoms. The molecule has 0 atom stereocenters. The van der Waals surface area contributed by atoms with E-state index in [1.165, 1.54) is 19.0 Å². The summed E-state index contributed by atoms with van der Waals surface area (Å²) in [6.07, 6.45) is 0.817. The van der Waals surface area contributed by atoms with Gasteiger partial charge in [0, 0.05) is 51.5 Å². The number of aromatic nitrogens is 3. The minimum absolute atomic E-state index is 0.366. The number of halogens is 3. The van der Waals surface area contributed by atoms with Gasteiger partial charge in [-0.3, -0.25) is 0 Å². The van der Waals surface area contributed by atoms with Crippen LogP contribution in [0.3, 0.4) is 0 Å². The highest BCUT2D eigenvalue weighted by Gasteiger charge is 2.31. The first-order valence-electron chi connectivity index (χ1n) is 9.11. The zero-order valence-corrected chi connectivity index (χ0v) is 14.9. The van der Waals surface area contributed by atoms with Crippen LogP contribution in [0.4, 0.5) is 30.6 Å². The number of anilines is 3. The Kier molecular flexibility index (Phi) is 4.75. The van der Waals surface area contributed by atoms with Gasteiger partial charge in [0.1, 0.15) is 23.8 Å². The lowest BCUT2D eigenvalue weighted by Crippen LogP contribution is -2.47. The highest BCUT2D eigenvalue weighted by atomic mass is 19.4. The van der Waals surface area contributed by atoms with E-state index in [1.807, 2.05) is 11.0 Å². The molecular formula is C18H21F3N6. The van der Waals surface area contributed by atoms with Gasteiger partial charge in [0.25, 0.3) is 0 Å². The van der Waals surface area contributed by atoms with Crippen LogP contribution >= 0.6 is 0 Å². The largest absolute Gasteiger partial charge is 0.416 e. The van der Waals surface area contributed by atoms with E-state index < -0.39 is 11.7 Å². The lowest BCUT2D eigenvalue weighted by molar-refractivity contribution is -0.137. The molecule has 2 aliphatic heterocycles. The Hall–Kier alpha value is -2.58. The molecule has 0 aromatic carbocycles. The molecule has 0 saturated carbocycles. The van der Waals surface area contributed by atoms with Crippen molar-refractivity contribution in [3.63, 3.8) is 0 Å². The average Bonchev–Trinajstić information content (AvgIpc) is 3.23. The van der Waals surface area contributed by atoms with Crippen LogP contribution in [0.2, 0.25) is 0 Å². The molecule has 0 unspecified atom stereocenters. The Balaban J connectivity index is 1.43. The Bertz CT molecular complexity index is 783. The van der Waals surface area contributed by atoms with Crippen molar-refractivity contribution in [1.29, 1.82) is 0 Å². The van der Waals surface area contributed by atoms with E-state index in [2.05, 4.69) is 24.8 Å². The first kappa shape index (κ1) is 17.8. The lowest BCUT2D eigenvalue weighted by atomic mass is 10.2. The molecule has 144 valence electrons. The molecule has 2 fully saturated rings. The molecule has 6 nitrogen and oxygen atoms in total. The first-order valence-corrected chi connectivity index (χ1v) is 9.11. The Labute approximate surface area is 155 Å². The highest BCUT2D eigenvalue weighted by molar-refractivity contribution is 5.52. The first-order chi connectivity index (χ1) is 13.0. The predicted octanol–water partition coefficient (Wildman–Crippen LogP) is 2.82. The zero-order valence-electron chi connectivity index (χ0n) is 14.9. The van der Waals surface area contributed by atoms with Crippen LogP contribution in [0, 0.1) is 0 Å². The van der Waals surface area contributed by atoms with Crippen LogP contribution in [0.15, 0.2) is 30.7 Å². The van der Waals surface area contributed by atoms with Crippen LogP contribution in [-0.2, 0) is 6.18 Å². The molecule has 4 heterocycles. The molecule has 9 heteroatoms. The van der Waals surface area contributed by atoms with Gasteiger partial charge in [-0.15, -0.1) is 0 Å². The topological polar surface area (TPSA) is 48.4 Å². The summed E-state index contributed by atoms with van der Waals surface area (Å²) in [6, 6.07) is 4.12. The van der Waals surface area contributed by atoms with Gasteiger partial charge in [0.15, 0.2) is 0 Å². The summed E-state index contributed by atoms with van der Waals surface area (Å²) in [5.74, 6) is 2.17. The van der Waals surface area contributed by atoms with Crippen LogP contribution in [-0.4, -0.2) is 54.2 Å². The number of hydrogen-bond acceptors (Lipinski definition) is 6. The molecule has 2 aliphatic rings. The van der Waals surface area contributed by atoms with Crippen LogP contribution in [0.25, 0.3) is 0 Å². The monoisotopic (exact) mass is 378 g/mol. The minimum Gasteiger partial charge on any atom is -0.356 e. The second-order valence-corrected chi connectivity index (χ2v) is 6.80. The van der Waals surface area contributed by atoms with E-state index in [-0.39, 0.29) is 0 Å². The average molecular weight is 378 g/mol. The summed E-state index contributed by atoms with van der Waals surface area (Å²) in [4.78, 5) is 19.2. The molecule has 2 aromatic heterocycles. The number of hydrogen-bond donors (Lipinski definition) is 0. The summed E-state index contributed by atoms with van der Waals surface area (Å²) < 4.78 is 38.7. The molecule has 0 radical (unpaired) electrons. The predicted molar refractivity (Wildman–Crippen MR) is 97.1 cm³/mol. The highest BCUT2D eigenvalue weighted by Crippen LogP contribution is 2.31. The second kappa shape index (κ2) is 7.21. The Morgan fingerprint density at radius 3 is 1.78 bits per heavy atom. The summed E-state index contributed by atoms with van der Waals surface area (Å²) in [6.45, 7) is 4.58. The van der Waals surface area contributed by atoms with Crippen LogP contribution in [0.1, 0.15) is 18.4 Å². The van der Waals surface area contributed by atoms with Gasteiger partial charge in [0.2, 0.25) is 0 Å². The van der Waals surface area contributed by atoms with Crippen molar-refractivity contribution in [3.05, 3.63) is 36.3 Å². The Morgan fingerprint density at radius 1 is 0.704 bits per heavy atom. The minimum atomic E-state index is -4.35. The van der Waals surface area contributed by atoms with E-state index in [1.54, 1.807) is 6.33 Å². The Morgan fingerprint density at radius 2 is 1.22 bits per heavy atom. The summed E-state index contributed by atoms with van der Waals surface area (Å²) in [5.41, 5.74) is -0.666. The third-order valence-electron chi connectivity index (χ3n) is 5.07. The number of rotatable bonds is 3. The smallest absolute Gasteiger partial charge is 0.356 e. The van der Waals surface area contributed by atoms with Crippen molar-refractivity contribution < 1.29 is 13.2 Å². The van der Waals surface area contributed by atoms with Gasteiger partial charge in [-0.05, 0) is 25.0 Å². The number of piperazine rings is 1. The fourth-order valence-corrected chi connectivity index (χ4v) is 3.56. The van der Waals surface area contributed by atoms with Crippen molar-refractivity contribution in [1.82, 2.24) is 15.0 Å². The van der Waals surface area contributed by atoms with Crippen molar-refractivity contribution in [2.75, 3.05) is 54.0 Å². The summed E-state index contributed by atoms with van der Waals surface area (Å²) in [7, 11) is 0. The zero-order chi connectivity index (χ0) is 18.9. The number of pyridine rings is 1. The van der Waals surface area contributed by atoms with E-state index in [4.69, 9.17) is 0 Å². The number of nitrogens with zero attached hydrogens (tertiary/aromatic N) is 6. The summed E-state index contributed by atoms with van der Waals surface area (Å²) >= 11 is 0. The fourth-order valence-electron chi connectivity index (χ4n) is 3.56. The van der Waals surface area contributed by atoms with E-state index in [0.717, 1.165) is 36.9 Å². The fraction of sp³-hybridized carbons (Fsp3) is 0.500. The van der Waals surface area contributed by atoms with Crippen LogP contribution in [0.5, 0.6) is 0 Å². The lowest BCUT2D eigenvalue weighted by Gasteiger charge is -2.36. The van der Waals surface area contributed by atoms with E-state index in [9.17, 15) is 13.2 Å². The van der Waals surface area contributed by atoms with Crippen molar-refractivity contribution in [3.8, 4) is 0 Å². The standard InChI is InChI=1S/C18H21F3N6/c19-18(20,21)14-3-4-22-15(11-14)26-7-9-27(10-8-26)17-12-16(23-13-24-17)25-5-1-2-6-25/h3-4,11-13H,1-2,5-10H2. The number of alkyl halides is 3. The quantitative estimate of drug-likeness (QED) is 0.819.